The molecule has 0 atom stereocenters. The number of aromatic nitrogens is 4. The predicted octanol–water partition coefficient (Wildman–Crippen LogP) is 2.22. The molecule has 0 unspecified atom stereocenters. The minimum atomic E-state index is -0.613. The van der Waals surface area contributed by atoms with E-state index in [-0.39, 0.29) is 29.8 Å². The summed E-state index contributed by atoms with van der Waals surface area (Å²) in [6.07, 6.45) is 9.76. The molecule has 1 aliphatic heterocycles. The number of carbonyl (C=O) groups excluding carboxylic acids is 1. The summed E-state index contributed by atoms with van der Waals surface area (Å²) in [7, 11) is 2.03. The van der Waals surface area contributed by atoms with E-state index in [1.54, 1.807) is 23.0 Å². The van der Waals surface area contributed by atoms with Crippen LogP contribution in [0.25, 0.3) is 16.5 Å². The second-order valence-electron chi connectivity index (χ2n) is 8.64. The number of piperazine rings is 1. The number of halogens is 1. The van der Waals surface area contributed by atoms with E-state index in [1.165, 1.54) is 28.0 Å². The van der Waals surface area contributed by atoms with E-state index >= 15 is 0 Å². The zero-order valence-corrected chi connectivity index (χ0v) is 19.6. The molecule has 0 saturated carbocycles. The summed E-state index contributed by atoms with van der Waals surface area (Å²) in [4.78, 5) is 39.4. The van der Waals surface area contributed by atoms with E-state index in [0.717, 1.165) is 23.5 Å². The zero-order chi connectivity index (χ0) is 23.8. The SMILES string of the molecule is CN1CCN(C(=O)Cn2ccn3c(=O)c(O)c(-c4ncc(CC5=CC=C(F)CC5)s4)nc23)CC1. The maximum absolute atomic E-state index is 13.2. The third kappa shape index (κ3) is 4.40. The molecule has 1 saturated heterocycles. The lowest BCUT2D eigenvalue weighted by Gasteiger charge is -2.32. The Bertz CT molecular complexity index is 1360. The maximum Gasteiger partial charge on any atom is 0.302 e. The number of imidazole rings is 1. The molecule has 0 aromatic carbocycles. The highest BCUT2D eigenvalue weighted by Gasteiger charge is 2.22. The number of likely N-dealkylation sites (N-methyl/N-ethyl adjacent to an activating group) is 1. The van der Waals surface area contributed by atoms with Crippen molar-refractivity contribution in [2.75, 3.05) is 33.2 Å². The molecule has 0 radical (unpaired) electrons. The number of nitrogens with zero attached hydrogens (tertiary/aromatic N) is 6. The summed E-state index contributed by atoms with van der Waals surface area (Å²) in [5, 5.41) is 11.0. The number of hydrogen-bond donors (Lipinski definition) is 1. The Morgan fingerprint density at radius 3 is 2.71 bits per heavy atom. The fourth-order valence-corrected chi connectivity index (χ4v) is 5.12. The summed E-state index contributed by atoms with van der Waals surface area (Å²) >= 11 is 1.33. The smallest absolute Gasteiger partial charge is 0.302 e. The Hall–Kier alpha value is -3.31. The first-order valence-corrected chi connectivity index (χ1v) is 12.0. The van der Waals surface area contributed by atoms with Crippen molar-refractivity contribution in [2.45, 2.75) is 25.8 Å². The molecule has 4 heterocycles. The first-order chi connectivity index (χ1) is 16.4. The predicted molar refractivity (Wildman–Crippen MR) is 127 cm³/mol. The summed E-state index contributed by atoms with van der Waals surface area (Å²) < 4.78 is 16.1. The Kier molecular flexibility index (Phi) is 6.05. The molecule has 3 aromatic heterocycles. The quantitative estimate of drug-likeness (QED) is 0.597. The van der Waals surface area contributed by atoms with Gasteiger partial charge in [0, 0.05) is 62.5 Å². The van der Waals surface area contributed by atoms with Crippen molar-refractivity contribution in [2.24, 2.45) is 0 Å². The van der Waals surface area contributed by atoms with Crippen molar-refractivity contribution in [3.05, 3.63) is 57.4 Å². The van der Waals surface area contributed by atoms with Crippen molar-refractivity contribution >= 4 is 23.0 Å². The van der Waals surface area contributed by atoms with Crippen LogP contribution in [0.4, 0.5) is 4.39 Å². The molecule has 11 heteroatoms. The van der Waals surface area contributed by atoms with Gasteiger partial charge in [-0.15, -0.1) is 11.3 Å². The second kappa shape index (κ2) is 9.15. The summed E-state index contributed by atoms with van der Waals surface area (Å²) in [5.41, 5.74) is 0.579. The Morgan fingerprint density at radius 1 is 1.18 bits per heavy atom. The van der Waals surface area contributed by atoms with Gasteiger partial charge in [0.2, 0.25) is 17.4 Å². The molecule has 3 aromatic rings. The number of amides is 1. The summed E-state index contributed by atoms with van der Waals surface area (Å²) in [6.45, 7) is 3.02. The molecular formula is C23H25FN6O3S. The second-order valence-corrected chi connectivity index (χ2v) is 9.76. The Labute approximate surface area is 199 Å². The lowest BCUT2D eigenvalue weighted by molar-refractivity contribution is -0.133. The van der Waals surface area contributed by atoms with Gasteiger partial charge in [0.15, 0.2) is 5.69 Å². The summed E-state index contributed by atoms with van der Waals surface area (Å²) in [6, 6.07) is 0. The van der Waals surface area contributed by atoms with Gasteiger partial charge in [-0.2, -0.15) is 0 Å². The monoisotopic (exact) mass is 484 g/mol. The minimum Gasteiger partial charge on any atom is -0.501 e. The summed E-state index contributed by atoms with van der Waals surface area (Å²) in [5.74, 6) is -0.375. The third-order valence-electron chi connectivity index (χ3n) is 6.23. The van der Waals surface area contributed by atoms with Gasteiger partial charge in [-0.25, -0.2) is 18.8 Å². The van der Waals surface area contributed by atoms with Crippen molar-refractivity contribution in [3.8, 4) is 16.5 Å². The first kappa shape index (κ1) is 22.5. The molecule has 34 heavy (non-hydrogen) atoms. The molecule has 5 rings (SSSR count). The van der Waals surface area contributed by atoms with Crippen LogP contribution in [0.15, 0.2) is 46.9 Å². The molecule has 178 valence electrons. The lowest BCUT2D eigenvalue weighted by Crippen LogP contribution is -2.48. The van der Waals surface area contributed by atoms with Gasteiger partial charge in [0.1, 0.15) is 17.4 Å². The molecule has 1 fully saturated rings. The molecular weight excluding hydrogens is 459 g/mol. The van der Waals surface area contributed by atoms with E-state index in [0.29, 0.717) is 37.4 Å². The number of thiazole rings is 1. The van der Waals surface area contributed by atoms with Gasteiger partial charge >= 0.3 is 5.56 Å². The van der Waals surface area contributed by atoms with Crippen molar-refractivity contribution < 1.29 is 14.3 Å². The normalized spacial score (nSPS) is 17.2. The lowest BCUT2D eigenvalue weighted by atomic mass is 10.0. The fraction of sp³-hybridized carbons (Fsp3) is 0.391. The van der Waals surface area contributed by atoms with Crippen LogP contribution in [-0.4, -0.2) is 73.0 Å². The average Bonchev–Trinajstić information content (AvgIpc) is 3.45. The first-order valence-electron chi connectivity index (χ1n) is 11.1. The van der Waals surface area contributed by atoms with E-state index in [2.05, 4.69) is 14.9 Å². The van der Waals surface area contributed by atoms with Gasteiger partial charge in [-0.3, -0.25) is 9.59 Å². The number of allylic oxidation sites excluding steroid dienone is 4. The molecule has 1 N–H and O–H groups in total. The van der Waals surface area contributed by atoms with Crippen LogP contribution in [0, 0.1) is 0 Å². The number of hydrogen-bond acceptors (Lipinski definition) is 7. The van der Waals surface area contributed by atoms with Gasteiger partial charge in [-0.1, -0.05) is 11.6 Å². The van der Waals surface area contributed by atoms with Gasteiger partial charge in [0.25, 0.3) is 0 Å². The van der Waals surface area contributed by atoms with Crippen LogP contribution in [0.2, 0.25) is 0 Å². The van der Waals surface area contributed by atoms with Crippen LogP contribution in [0.1, 0.15) is 17.7 Å². The van der Waals surface area contributed by atoms with Crippen molar-refractivity contribution in [1.29, 1.82) is 0 Å². The third-order valence-corrected chi connectivity index (χ3v) is 7.23. The van der Waals surface area contributed by atoms with E-state index in [1.807, 2.05) is 11.9 Å². The van der Waals surface area contributed by atoms with E-state index in [9.17, 15) is 19.1 Å². The zero-order valence-electron chi connectivity index (χ0n) is 18.8. The van der Waals surface area contributed by atoms with Crippen LogP contribution >= 0.6 is 11.3 Å². The highest BCUT2D eigenvalue weighted by Crippen LogP contribution is 2.31. The largest absolute Gasteiger partial charge is 0.501 e. The van der Waals surface area contributed by atoms with Crippen LogP contribution in [-0.2, 0) is 17.8 Å². The Morgan fingerprint density at radius 2 is 1.97 bits per heavy atom. The topological polar surface area (TPSA) is 96.0 Å². The van der Waals surface area contributed by atoms with Crippen molar-refractivity contribution in [1.82, 2.24) is 28.7 Å². The van der Waals surface area contributed by atoms with E-state index < -0.39 is 11.3 Å². The number of carbonyl (C=O) groups is 1. The van der Waals surface area contributed by atoms with Gasteiger partial charge < -0.3 is 19.5 Å². The molecule has 0 bridgehead atoms. The number of fused-ring (bicyclic) bond motifs is 1. The Balaban J connectivity index is 1.41. The highest BCUT2D eigenvalue weighted by molar-refractivity contribution is 7.15. The molecule has 0 spiro atoms. The number of rotatable bonds is 5. The van der Waals surface area contributed by atoms with Crippen LogP contribution in [0.5, 0.6) is 5.75 Å². The minimum absolute atomic E-state index is 0.0437. The standard InChI is InChI=1S/C23H25FN6O3S/c1-27-6-8-28(9-7-27)18(31)14-29-10-11-30-22(33)20(32)19(26-23(29)30)21-25-13-17(34-21)12-15-2-4-16(24)5-3-15/h2,4,10-11,13,32H,3,5-9,12,14H2,1H3. The molecule has 2 aliphatic rings. The van der Waals surface area contributed by atoms with Gasteiger partial charge in [-0.05, 0) is 19.5 Å². The maximum atomic E-state index is 13.2. The van der Waals surface area contributed by atoms with Gasteiger partial charge in [0.05, 0.1) is 0 Å². The molecule has 1 aliphatic carbocycles. The molecule has 1 amide bonds. The van der Waals surface area contributed by atoms with Crippen molar-refractivity contribution in [3.63, 3.8) is 0 Å². The fourth-order valence-electron chi connectivity index (χ4n) is 4.16. The van der Waals surface area contributed by atoms with Crippen LogP contribution < -0.4 is 5.56 Å². The highest BCUT2D eigenvalue weighted by atomic mass is 32.1. The number of aromatic hydroxyl groups is 1. The molecule has 9 nitrogen and oxygen atoms in total. The van der Waals surface area contributed by atoms with E-state index in [4.69, 9.17) is 0 Å². The average molecular weight is 485 g/mol. The van der Waals surface area contributed by atoms with Crippen LogP contribution in [0.3, 0.4) is 0 Å².